The van der Waals surface area contributed by atoms with E-state index in [0.29, 0.717) is 11.4 Å². The number of halogens is 3. The molecule has 3 aromatic carbocycles. The number of methoxy groups -OCH3 is 1. The predicted molar refractivity (Wildman–Crippen MR) is 212 cm³/mol. The van der Waals surface area contributed by atoms with Crippen LogP contribution >= 0.6 is 0 Å². The summed E-state index contributed by atoms with van der Waals surface area (Å²) in [7, 11) is 1.23. The Bertz CT molecular complexity index is 2190. The van der Waals surface area contributed by atoms with Gasteiger partial charge in [-0.3, -0.25) is 14.4 Å². The summed E-state index contributed by atoms with van der Waals surface area (Å²) in [6.45, 7) is 1.55. The van der Waals surface area contributed by atoms with Gasteiger partial charge in [0.25, 0.3) is 5.91 Å². The van der Waals surface area contributed by atoms with Crippen LogP contribution in [0, 0.1) is 29.1 Å². The van der Waals surface area contributed by atoms with Gasteiger partial charge in [-0.2, -0.15) is 18.4 Å². The first kappa shape index (κ1) is 41.6. The molecule has 2 aliphatic carbocycles. The van der Waals surface area contributed by atoms with Crippen molar-refractivity contribution >= 4 is 29.0 Å². The SMILES string of the molecule is CC[C@H]1CC[C@H](C2CC=C(c3cnc(-c4ccc(CN(CC(=O)O)C(=O)c5ccc(NC(=O)Cc6ccc(OC)cc6C(F)(F)F)cc5C#N)cc4)nc3)CC2)CC1. The molecule has 58 heavy (non-hydrogen) atoms. The van der Waals surface area contributed by atoms with E-state index in [1.54, 1.807) is 24.3 Å². The number of carbonyl (C=O) groups is 3. The molecule has 1 heterocycles. The van der Waals surface area contributed by atoms with E-state index in [-0.39, 0.29) is 34.7 Å². The molecule has 302 valence electrons. The number of rotatable bonds is 13. The van der Waals surface area contributed by atoms with Crippen LogP contribution in [-0.4, -0.2) is 51.4 Å². The molecule has 2 amide bonds. The molecule has 0 bridgehead atoms. The number of allylic oxidation sites excluding steroid dienone is 2. The molecule has 6 rings (SSSR count). The number of alkyl halides is 3. The Hall–Kier alpha value is -6.03. The Morgan fingerprint density at radius 2 is 1.67 bits per heavy atom. The van der Waals surface area contributed by atoms with E-state index in [1.165, 1.54) is 75.5 Å². The number of ether oxygens (including phenoxy) is 1. The van der Waals surface area contributed by atoms with Gasteiger partial charge < -0.3 is 20.1 Å². The minimum atomic E-state index is -4.73. The van der Waals surface area contributed by atoms with Crippen LogP contribution in [0.5, 0.6) is 5.75 Å². The molecule has 4 aromatic rings. The minimum Gasteiger partial charge on any atom is -0.497 e. The fourth-order valence-electron chi connectivity index (χ4n) is 8.15. The number of benzene rings is 3. The molecule has 1 saturated carbocycles. The van der Waals surface area contributed by atoms with Gasteiger partial charge in [-0.05, 0) is 96.9 Å². The summed E-state index contributed by atoms with van der Waals surface area (Å²) in [5, 5.41) is 22.0. The standard InChI is InChI=1S/C45H46F3N5O5/c1-3-28-4-8-30(9-5-28)31-12-14-32(15-13-31)36-24-50-43(51-25-36)33-10-6-29(7-11-33)26-53(27-42(55)56)44(57)39-19-17-37(20-35(39)23-49)52-41(54)21-34-16-18-38(58-2)22-40(34)45(46,47)48/h6-7,10-11,14,16-20,22,24-25,28,30-31H,3-5,8-9,12-13,15,21,26-27H2,1-2H3,(H,52,54)(H,55,56)/t28-,30-,31?. The van der Waals surface area contributed by atoms with Crippen LogP contribution in [0.2, 0.25) is 0 Å². The zero-order valence-electron chi connectivity index (χ0n) is 32.5. The Labute approximate surface area is 335 Å². The zero-order valence-corrected chi connectivity index (χ0v) is 32.5. The average molecular weight is 794 g/mol. The normalized spacial score (nSPS) is 18.1. The van der Waals surface area contributed by atoms with Crippen molar-refractivity contribution in [2.75, 3.05) is 19.0 Å². The largest absolute Gasteiger partial charge is 0.497 e. The number of carbonyl (C=O) groups excluding carboxylic acids is 2. The highest BCUT2D eigenvalue weighted by atomic mass is 19.4. The van der Waals surface area contributed by atoms with Crippen molar-refractivity contribution in [1.29, 1.82) is 5.26 Å². The number of nitriles is 1. The van der Waals surface area contributed by atoms with Gasteiger partial charge in [0.2, 0.25) is 5.91 Å². The summed E-state index contributed by atoms with van der Waals surface area (Å²) in [6, 6.07) is 16.1. The first-order valence-electron chi connectivity index (χ1n) is 19.5. The van der Waals surface area contributed by atoms with Crippen molar-refractivity contribution in [3.8, 4) is 23.2 Å². The lowest BCUT2D eigenvalue weighted by Crippen LogP contribution is -2.35. The second kappa shape index (κ2) is 18.5. The molecule has 10 nitrogen and oxygen atoms in total. The highest BCUT2D eigenvalue weighted by molar-refractivity contribution is 5.99. The molecular weight excluding hydrogens is 748 g/mol. The van der Waals surface area contributed by atoms with Crippen LogP contribution in [0.3, 0.4) is 0 Å². The van der Waals surface area contributed by atoms with Crippen molar-refractivity contribution < 1.29 is 37.4 Å². The van der Waals surface area contributed by atoms with Crippen molar-refractivity contribution in [3.63, 3.8) is 0 Å². The molecule has 1 atom stereocenters. The number of hydrogen-bond donors (Lipinski definition) is 2. The highest BCUT2D eigenvalue weighted by Crippen LogP contribution is 2.42. The summed E-state index contributed by atoms with van der Waals surface area (Å²) in [5.41, 5.74) is 2.19. The number of carboxylic acids is 1. The smallest absolute Gasteiger partial charge is 0.416 e. The summed E-state index contributed by atoms with van der Waals surface area (Å²) in [5.74, 6) is 0.230. The molecule has 0 radical (unpaired) electrons. The Balaban J connectivity index is 1.08. The first-order valence-corrected chi connectivity index (χ1v) is 19.5. The van der Waals surface area contributed by atoms with E-state index < -0.39 is 42.5 Å². The van der Waals surface area contributed by atoms with Gasteiger partial charge in [0.05, 0.1) is 30.2 Å². The summed E-state index contributed by atoms with van der Waals surface area (Å²) < 4.78 is 45.9. The number of carboxylic acid groups (broad SMARTS) is 1. The number of hydrogen-bond acceptors (Lipinski definition) is 7. The maximum absolute atomic E-state index is 13.7. The minimum absolute atomic E-state index is 0.0145. The average Bonchev–Trinajstić information content (AvgIpc) is 3.23. The van der Waals surface area contributed by atoms with E-state index in [2.05, 4.69) is 28.3 Å². The Morgan fingerprint density at radius 3 is 2.28 bits per heavy atom. The quantitative estimate of drug-likeness (QED) is 0.136. The van der Waals surface area contributed by atoms with Crippen LogP contribution in [0.4, 0.5) is 18.9 Å². The lowest BCUT2D eigenvalue weighted by atomic mass is 9.71. The third-order valence-corrected chi connectivity index (χ3v) is 11.4. The summed E-state index contributed by atoms with van der Waals surface area (Å²) in [4.78, 5) is 48.6. The maximum atomic E-state index is 13.7. The lowest BCUT2D eigenvalue weighted by molar-refractivity contribution is -0.139. The van der Waals surface area contributed by atoms with Gasteiger partial charge in [0.1, 0.15) is 18.4 Å². The molecular formula is C45H46F3N5O5. The highest BCUT2D eigenvalue weighted by Gasteiger charge is 2.34. The molecule has 0 spiro atoms. The lowest BCUT2D eigenvalue weighted by Gasteiger charge is -2.35. The molecule has 1 fully saturated rings. The van der Waals surface area contributed by atoms with Gasteiger partial charge >= 0.3 is 12.1 Å². The van der Waals surface area contributed by atoms with Crippen LogP contribution in [-0.2, 0) is 28.7 Å². The zero-order chi connectivity index (χ0) is 41.4. The van der Waals surface area contributed by atoms with E-state index in [0.717, 1.165) is 58.8 Å². The number of anilines is 1. The van der Waals surface area contributed by atoms with Gasteiger partial charge in [0, 0.05) is 35.8 Å². The topological polar surface area (TPSA) is 146 Å². The van der Waals surface area contributed by atoms with E-state index in [4.69, 9.17) is 4.74 Å². The molecule has 13 heteroatoms. The second-order valence-corrected chi connectivity index (χ2v) is 15.1. The number of nitrogens with one attached hydrogen (secondary N) is 1. The molecule has 1 aromatic heterocycles. The van der Waals surface area contributed by atoms with E-state index in [9.17, 15) is 37.9 Å². The van der Waals surface area contributed by atoms with Crippen LogP contribution in [0.15, 0.2) is 79.1 Å². The van der Waals surface area contributed by atoms with Crippen molar-refractivity contribution in [2.24, 2.45) is 17.8 Å². The monoisotopic (exact) mass is 793 g/mol. The van der Waals surface area contributed by atoms with Crippen LogP contribution < -0.4 is 10.1 Å². The van der Waals surface area contributed by atoms with Crippen LogP contribution in [0.25, 0.3) is 17.0 Å². The molecule has 1 unspecified atom stereocenters. The predicted octanol–water partition coefficient (Wildman–Crippen LogP) is 9.35. The van der Waals surface area contributed by atoms with Crippen molar-refractivity contribution in [1.82, 2.24) is 14.9 Å². The summed E-state index contributed by atoms with van der Waals surface area (Å²) in [6.07, 6.45) is 10.8. The van der Waals surface area contributed by atoms with Crippen LogP contribution in [0.1, 0.15) is 96.5 Å². The molecule has 0 aliphatic heterocycles. The number of amides is 2. The third kappa shape index (κ3) is 10.3. The van der Waals surface area contributed by atoms with Crippen molar-refractivity contribution in [3.05, 3.63) is 113 Å². The fourth-order valence-corrected chi connectivity index (χ4v) is 8.15. The van der Waals surface area contributed by atoms with Gasteiger partial charge in [-0.15, -0.1) is 0 Å². The summed E-state index contributed by atoms with van der Waals surface area (Å²) >= 11 is 0. The first-order chi connectivity index (χ1) is 27.8. The van der Waals surface area contributed by atoms with E-state index >= 15 is 0 Å². The number of aliphatic carboxylic acids is 1. The Morgan fingerprint density at radius 1 is 0.948 bits per heavy atom. The molecule has 0 saturated heterocycles. The fraction of sp³-hybridized carbons (Fsp3) is 0.378. The van der Waals surface area contributed by atoms with Gasteiger partial charge in [0.15, 0.2) is 5.82 Å². The number of nitrogens with zero attached hydrogens (tertiary/aromatic N) is 4. The second-order valence-electron chi connectivity index (χ2n) is 15.1. The molecule has 2 aliphatic rings. The van der Waals surface area contributed by atoms with Gasteiger partial charge in [-0.1, -0.05) is 62.6 Å². The number of aromatic nitrogens is 2. The molecule has 2 N–H and O–H groups in total. The van der Waals surface area contributed by atoms with Gasteiger partial charge in [-0.25, -0.2) is 9.97 Å². The third-order valence-electron chi connectivity index (χ3n) is 11.4. The van der Waals surface area contributed by atoms with E-state index in [1.807, 2.05) is 18.5 Å². The Kier molecular flexibility index (Phi) is 13.3. The van der Waals surface area contributed by atoms with Crippen molar-refractivity contribution in [2.45, 2.75) is 77.4 Å². The maximum Gasteiger partial charge on any atom is 0.416 e.